The number of rotatable bonds is 2. The fourth-order valence-electron chi connectivity index (χ4n) is 2.18. The maximum absolute atomic E-state index is 6.14. The van der Waals surface area contributed by atoms with Gasteiger partial charge in [0.15, 0.2) is 0 Å². The molecule has 3 rings (SSSR count). The summed E-state index contributed by atoms with van der Waals surface area (Å²) in [6.45, 7) is 0. The van der Waals surface area contributed by atoms with E-state index in [4.69, 9.17) is 10.5 Å². The van der Waals surface area contributed by atoms with Crippen LogP contribution in [0.25, 0.3) is 22.2 Å². The number of aromatic nitrogens is 2. The van der Waals surface area contributed by atoms with Gasteiger partial charge >= 0.3 is 0 Å². The third kappa shape index (κ3) is 1.86. The standard InChI is InChI=1S/C14H12BrN3O/c1-19-11-5-3-2-4-8(11)9-6-17-14-12(9)13(16)10(15)7-18-14/h2-7H,1H3,(H3,16,17,18). The number of hydrogen-bond acceptors (Lipinski definition) is 3. The van der Waals surface area contributed by atoms with Gasteiger partial charge in [0.05, 0.1) is 22.7 Å². The minimum Gasteiger partial charge on any atom is -0.496 e. The molecule has 2 heterocycles. The first-order chi connectivity index (χ1) is 9.22. The summed E-state index contributed by atoms with van der Waals surface area (Å²) >= 11 is 3.41. The number of benzene rings is 1. The Kier molecular flexibility index (Phi) is 2.91. The van der Waals surface area contributed by atoms with Crippen LogP contribution in [0.5, 0.6) is 5.75 Å². The average Bonchev–Trinajstić information content (AvgIpc) is 2.87. The highest BCUT2D eigenvalue weighted by Gasteiger charge is 2.14. The quantitative estimate of drug-likeness (QED) is 0.759. The van der Waals surface area contributed by atoms with Crippen molar-refractivity contribution >= 4 is 32.7 Å². The van der Waals surface area contributed by atoms with Crippen LogP contribution in [-0.4, -0.2) is 17.1 Å². The number of nitrogens with zero attached hydrogens (tertiary/aromatic N) is 1. The molecular weight excluding hydrogens is 306 g/mol. The number of nitrogen functional groups attached to an aromatic ring is 1. The summed E-state index contributed by atoms with van der Waals surface area (Å²) in [6.07, 6.45) is 3.60. The monoisotopic (exact) mass is 317 g/mol. The fraction of sp³-hybridized carbons (Fsp3) is 0.0714. The predicted molar refractivity (Wildman–Crippen MR) is 80.2 cm³/mol. The van der Waals surface area contributed by atoms with Crippen LogP contribution in [0.15, 0.2) is 41.1 Å². The summed E-state index contributed by atoms with van der Waals surface area (Å²) in [5.74, 6) is 0.808. The number of nitrogens with two attached hydrogens (primary N) is 1. The zero-order chi connectivity index (χ0) is 13.4. The van der Waals surface area contributed by atoms with Crippen LogP contribution >= 0.6 is 15.9 Å². The Bertz CT molecular complexity index is 752. The highest BCUT2D eigenvalue weighted by atomic mass is 79.9. The van der Waals surface area contributed by atoms with Crippen molar-refractivity contribution in [2.45, 2.75) is 0 Å². The van der Waals surface area contributed by atoms with Crippen LogP contribution in [0.1, 0.15) is 0 Å². The van der Waals surface area contributed by atoms with Crippen LogP contribution in [0, 0.1) is 0 Å². The number of para-hydroxylation sites is 1. The predicted octanol–water partition coefficient (Wildman–Crippen LogP) is 3.58. The SMILES string of the molecule is COc1ccccc1-c1c[nH]c2ncc(Br)c(N)c12. The molecule has 0 atom stereocenters. The van der Waals surface area contributed by atoms with Crippen molar-refractivity contribution < 1.29 is 4.74 Å². The lowest BCUT2D eigenvalue weighted by molar-refractivity contribution is 0.416. The molecule has 0 aliphatic rings. The normalized spacial score (nSPS) is 10.8. The molecule has 3 N–H and O–H groups in total. The number of ether oxygens (including phenoxy) is 1. The molecule has 96 valence electrons. The fourth-order valence-corrected chi connectivity index (χ4v) is 2.48. The molecule has 0 bridgehead atoms. The highest BCUT2D eigenvalue weighted by molar-refractivity contribution is 9.10. The van der Waals surface area contributed by atoms with Gasteiger partial charge in [-0.15, -0.1) is 0 Å². The van der Waals surface area contributed by atoms with Gasteiger partial charge in [-0.1, -0.05) is 18.2 Å². The van der Waals surface area contributed by atoms with Crippen molar-refractivity contribution in [3.63, 3.8) is 0 Å². The summed E-state index contributed by atoms with van der Waals surface area (Å²) in [5, 5.41) is 0.902. The molecule has 0 saturated carbocycles. The van der Waals surface area contributed by atoms with Crippen molar-refractivity contribution in [3.8, 4) is 16.9 Å². The molecule has 19 heavy (non-hydrogen) atoms. The second-order valence-corrected chi connectivity index (χ2v) is 5.00. The summed E-state index contributed by atoms with van der Waals surface area (Å²) in [4.78, 5) is 7.46. The Balaban J connectivity index is 2.34. The van der Waals surface area contributed by atoms with Gasteiger partial charge in [-0.2, -0.15) is 0 Å². The number of H-pyrrole nitrogens is 1. The molecule has 0 saturated heterocycles. The van der Waals surface area contributed by atoms with E-state index in [1.165, 1.54) is 0 Å². The van der Waals surface area contributed by atoms with Crippen molar-refractivity contribution in [1.82, 2.24) is 9.97 Å². The largest absolute Gasteiger partial charge is 0.496 e. The van der Waals surface area contributed by atoms with Gasteiger partial charge in [0, 0.05) is 23.5 Å². The second kappa shape index (κ2) is 4.59. The van der Waals surface area contributed by atoms with Crippen LogP contribution in [0.3, 0.4) is 0 Å². The molecule has 0 aliphatic carbocycles. The molecule has 4 nitrogen and oxygen atoms in total. The lowest BCUT2D eigenvalue weighted by Gasteiger charge is -2.08. The molecule has 0 unspecified atom stereocenters. The van der Waals surface area contributed by atoms with E-state index in [9.17, 15) is 0 Å². The van der Waals surface area contributed by atoms with E-state index in [0.29, 0.717) is 5.69 Å². The van der Waals surface area contributed by atoms with E-state index in [1.54, 1.807) is 13.3 Å². The lowest BCUT2D eigenvalue weighted by atomic mass is 10.0. The molecule has 0 fully saturated rings. The molecule has 0 radical (unpaired) electrons. The third-order valence-electron chi connectivity index (χ3n) is 3.09. The first-order valence-corrected chi connectivity index (χ1v) is 6.56. The van der Waals surface area contributed by atoms with E-state index < -0.39 is 0 Å². The Morgan fingerprint density at radius 2 is 2.05 bits per heavy atom. The highest BCUT2D eigenvalue weighted by Crippen LogP contribution is 2.38. The first-order valence-electron chi connectivity index (χ1n) is 5.77. The van der Waals surface area contributed by atoms with Crippen LogP contribution in [0.2, 0.25) is 0 Å². The average molecular weight is 318 g/mol. The summed E-state index contributed by atoms with van der Waals surface area (Å²) in [7, 11) is 1.66. The molecule has 2 aromatic heterocycles. The van der Waals surface area contributed by atoms with Crippen molar-refractivity contribution in [1.29, 1.82) is 0 Å². The number of fused-ring (bicyclic) bond motifs is 1. The van der Waals surface area contributed by atoms with Gasteiger partial charge in [-0.25, -0.2) is 4.98 Å². The van der Waals surface area contributed by atoms with Gasteiger partial charge < -0.3 is 15.5 Å². The van der Waals surface area contributed by atoms with Gasteiger partial charge in [0.2, 0.25) is 0 Å². The number of methoxy groups -OCH3 is 1. The minimum absolute atomic E-state index is 0.673. The zero-order valence-corrected chi connectivity index (χ0v) is 11.9. The Morgan fingerprint density at radius 3 is 2.84 bits per heavy atom. The molecule has 3 aromatic rings. The first kappa shape index (κ1) is 12.0. The Hall–Kier alpha value is -2.01. The van der Waals surface area contributed by atoms with Crippen LogP contribution in [0.4, 0.5) is 5.69 Å². The number of anilines is 1. The molecule has 0 spiro atoms. The maximum Gasteiger partial charge on any atom is 0.140 e. The van der Waals surface area contributed by atoms with Gasteiger partial charge in [-0.05, 0) is 22.0 Å². The Labute approximate surface area is 118 Å². The molecule has 1 aromatic carbocycles. The molecule has 5 heteroatoms. The van der Waals surface area contributed by atoms with E-state index in [2.05, 4.69) is 25.9 Å². The number of hydrogen-bond donors (Lipinski definition) is 2. The minimum atomic E-state index is 0.673. The molecule has 0 amide bonds. The number of pyridine rings is 1. The summed E-state index contributed by atoms with van der Waals surface area (Å²) < 4.78 is 6.19. The van der Waals surface area contributed by atoms with E-state index in [0.717, 1.165) is 32.4 Å². The van der Waals surface area contributed by atoms with Crippen molar-refractivity contribution in [2.75, 3.05) is 12.8 Å². The van der Waals surface area contributed by atoms with E-state index >= 15 is 0 Å². The number of aromatic amines is 1. The van der Waals surface area contributed by atoms with Gasteiger partial charge in [0.1, 0.15) is 11.4 Å². The van der Waals surface area contributed by atoms with Gasteiger partial charge in [-0.3, -0.25) is 0 Å². The number of nitrogens with one attached hydrogen (secondary N) is 1. The Morgan fingerprint density at radius 1 is 1.26 bits per heavy atom. The van der Waals surface area contributed by atoms with Gasteiger partial charge in [0.25, 0.3) is 0 Å². The second-order valence-electron chi connectivity index (χ2n) is 4.15. The molecule has 0 aliphatic heterocycles. The lowest BCUT2D eigenvalue weighted by Crippen LogP contribution is -1.91. The summed E-state index contributed by atoms with van der Waals surface area (Å²) in [5.41, 5.74) is 9.56. The zero-order valence-electron chi connectivity index (χ0n) is 10.3. The number of halogens is 1. The maximum atomic E-state index is 6.14. The topological polar surface area (TPSA) is 63.9 Å². The van der Waals surface area contributed by atoms with E-state index in [-0.39, 0.29) is 0 Å². The van der Waals surface area contributed by atoms with Crippen molar-refractivity contribution in [2.24, 2.45) is 0 Å². The van der Waals surface area contributed by atoms with Crippen LogP contribution in [-0.2, 0) is 0 Å². The van der Waals surface area contributed by atoms with E-state index in [1.807, 2.05) is 30.5 Å². The van der Waals surface area contributed by atoms with Crippen molar-refractivity contribution in [3.05, 3.63) is 41.1 Å². The third-order valence-corrected chi connectivity index (χ3v) is 3.72. The molecular formula is C14H12BrN3O. The smallest absolute Gasteiger partial charge is 0.140 e. The summed E-state index contributed by atoms with van der Waals surface area (Å²) in [6, 6.07) is 7.84. The van der Waals surface area contributed by atoms with Crippen LogP contribution < -0.4 is 10.5 Å².